The molecule has 9 rings (SSSR count). The lowest BCUT2D eigenvalue weighted by Gasteiger charge is -2.26. The summed E-state index contributed by atoms with van der Waals surface area (Å²) < 4.78 is 66.8. The first-order chi connectivity index (χ1) is 41.4. The number of hydrogen-bond acceptors (Lipinski definition) is 17. The van der Waals surface area contributed by atoms with Crippen molar-refractivity contribution in [2.24, 2.45) is 0 Å². The van der Waals surface area contributed by atoms with Crippen LogP contribution in [0.25, 0.3) is 0 Å². The van der Waals surface area contributed by atoms with Gasteiger partial charge < -0.3 is 47.4 Å². The Labute approximate surface area is 526 Å². The highest BCUT2D eigenvalue weighted by molar-refractivity contribution is 7.89. The number of aromatic nitrogens is 3. The van der Waals surface area contributed by atoms with Crippen LogP contribution in [-0.4, -0.2) is 166 Å². The largest absolute Gasteiger partial charge is 0.497 e. The lowest BCUT2D eigenvalue weighted by atomic mass is 9.78. The van der Waals surface area contributed by atoms with Gasteiger partial charge in [-0.25, -0.2) is 23.4 Å². The third-order valence-corrected chi connectivity index (χ3v) is 10.2. The number of ether oxygens (including phenoxy) is 10. The van der Waals surface area contributed by atoms with Gasteiger partial charge in [0.05, 0.1) is 21.3 Å². The molecule has 3 heterocycles. The van der Waals surface area contributed by atoms with Crippen LogP contribution in [0.2, 0.25) is 0 Å². The molecule has 0 bridgehead atoms. The van der Waals surface area contributed by atoms with Crippen molar-refractivity contribution in [3.05, 3.63) is 203 Å². The highest BCUT2D eigenvalue weighted by atomic mass is 32.2. The van der Waals surface area contributed by atoms with E-state index < -0.39 is 9.84 Å². The van der Waals surface area contributed by atoms with Gasteiger partial charge in [-0.05, 0) is 101 Å². The van der Waals surface area contributed by atoms with Crippen molar-refractivity contribution >= 4 is 9.84 Å². The molecule has 488 valence electrons. The van der Waals surface area contributed by atoms with Crippen LogP contribution in [0.5, 0.6) is 28.7 Å². The molecule has 0 spiro atoms. The first-order valence-corrected chi connectivity index (χ1v) is 30.2. The summed E-state index contributed by atoms with van der Waals surface area (Å²) >= 11 is 0. The van der Waals surface area contributed by atoms with Gasteiger partial charge >= 0.3 is 0 Å². The number of nitrogens with zero attached hydrogens (tertiary/aromatic N) is 5. The van der Waals surface area contributed by atoms with Crippen LogP contribution in [0.3, 0.4) is 0 Å². The summed E-state index contributed by atoms with van der Waals surface area (Å²) in [5.74, 6) is 7.13. The van der Waals surface area contributed by atoms with Crippen LogP contribution in [-0.2, 0) is 52.0 Å². The van der Waals surface area contributed by atoms with Gasteiger partial charge in [-0.2, -0.15) is 0 Å². The normalized spacial score (nSPS) is 11.0. The molecule has 0 amide bonds. The van der Waals surface area contributed by atoms with E-state index in [0.717, 1.165) is 71.8 Å². The minimum atomic E-state index is -2.67. The Kier molecular flexibility index (Phi) is 55.2. The lowest BCUT2D eigenvalue weighted by Crippen LogP contribution is -2.28. The van der Waals surface area contributed by atoms with Crippen molar-refractivity contribution in [1.29, 1.82) is 0 Å². The number of rotatable bonds is 5. The van der Waals surface area contributed by atoms with Crippen molar-refractivity contribution in [3.63, 3.8) is 0 Å². The molecule has 18 heteroatoms. The van der Waals surface area contributed by atoms with E-state index in [1.165, 1.54) is 27.8 Å². The molecule has 87 heavy (non-hydrogen) atoms. The average molecular weight is 1230 g/mol. The Balaban J connectivity index is -0.000000455. The topological polar surface area (TPSA) is 172 Å². The van der Waals surface area contributed by atoms with Crippen molar-refractivity contribution in [1.82, 2.24) is 24.8 Å². The van der Waals surface area contributed by atoms with Gasteiger partial charge in [-0.15, -0.1) is 0 Å². The number of fused-ring (bicyclic) bond motifs is 2. The fourth-order valence-corrected chi connectivity index (χ4v) is 6.68. The summed E-state index contributed by atoms with van der Waals surface area (Å²) in [5, 5.41) is 0. The van der Waals surface area contributed by atoms with E-state index in [9.17, 15) is 8.42 Å². The van der Waals surface area contributed by atoms with Gasteiger partial charge in [0.15, 0.2) is 0 Å². The maximum atomic E-state index is 9.63. The predicted molar refractivity (Wildman–Crippen MR) is 360 cm³/mol. The molecule has 0 fully saturated rings. The molecular formula is C69H109N5O12S. The summed E-state index contributed by atoms with van der Waals surface area (Å²) in [4.78, 5) is 16.3. The van der Waals surface area contributed by atoms with Crippen LogP contribution in [0.4, 0.5) is 0 Å². The van der Waals surface area contributed by atoms with E-state index in [1.54, 1.807) is 92.4 Å². The van der Waals surface area contributed by atoms with Crippen molar-refractivity contribution in [2.75, 3.05) is 132 Å². The Morgan fingerprint density at radius 1 is 0.414 bits per heavy atom. The van der Waals surface area contributed by atoms with E-state index in [0.29, 0.717) is 13.5 Å². The lowest BCUT2D eigenvalue weighted by molar-refractivity contribution is 0.121. The Morgan fingerprint density at radius 3 is 1.01 bits per heavy atom. The molecule has 7 aromatic rings. The zero-order valence-electron chi connectivity index (χ0n) is 57.4. The molecule has 17 nitrogen and oxygen atoms in total. The third kappa shape index (κ3) is 47.8. The van der Waals surface area contributed by atoms with Gasteiger partial charge in [-0.3, -0.25) is 9.80 Å². The first kappa shape index (κ1) is 86.4. The standard InChI is InChI=1S/C17H20O2.C10H13NO.C9H11NO.C7H8O.C6H9N3.C6H6.C2H6O2S.5C2H6O.C2H6/c1-17(2,13-5-9-15(18-3)10-6-13)14-7-11-16(19-4)12-8-14;1-8-3-4-10-9(5-8)6-11(2)7-12-10;1-10-6-8-4-2-3-5-9(8)11-7-10;1-8-7-5-3-2-4-6-7;1-4-7-5(2)9-6(3)8-4;1-2-4-6-5-3-1;1-5(2,3)4;5*1-3-2;1-2/h5-12H,1-4H3;3-5H,6-7H2,1-2H3;2-5H,6-7H2,1H3;2-6H,1H3;1-3H3;1-6H;1-2H3;5*1-2H3;1-2H3. The molecule has 0 aliphatic carbocycles. The average Bonchev–Trinajstić information content (AvgIpc) is 2.16. The predicted octanol–water partition coefficient (Wildman–Crippen LogP) is 13.5. The third-order valence-electron chi connectivity index (χ3n) is 10.2. The summed E-state index contributed by atoms with van der Waals surface area (Å²) in [6.07, 6.45) is 2.32. The molecule has 0 unspecified atom stereocenters. The second-order valence-electron chi connectivity index (χ2n) is 19.2. The molecule has 0 N–H and O–H groups in total. The minimum Gasteiger partial charge on any atom is -0.497 e. The van der Waals surface area contributed by atoms with E-state index in [1.807, 2.05) is 144 Å². The molecule has 0 atom stereocenters. The van der Waals surface area contributed by atoms with Gasteiger partial charge in [-0.1, -0.05) is 142 Å². The Morgan fingerprint density at radius 2 is 0.690 bits per heavy atom. The molecule has 0 saturated heterocycles. The van der Waals surface area contributed by atoms with E-state index in [4.69, 9.17) is 23.7 Å². The van der Waals surface area contributed by atoms with Crippen molar-refractivity contribution in [3.8, 4) is 28.7 Å². The molecule has 0 radical (unpaired) electrons. The summed E-state index contributed by atoms with van der Waals surface area (Å²) in [5.41, 5.74) is 6.35. The van der Waals surface area contributed by atoms with E-state index in [-0.39, 0.29) is 5.41 Å². The fraction of sp³-hybridized carbons (Fsp3) is 0.435. The van der Waals surface area contributed by atoms with Gasteiger partial charge in [0.25, 0.3) is 0 Å². The minimum absolute atomic E-state index is 0.0431. The maximum Gasteiger partial charge on any atom is 0.144 e. The second kappa shape index (κ2) is 55.6. The molecular weight excluding hydrogens is 1120 g/mol. The van der Waals surface area contributed by atoms with Crippen molar-refractivity contribution in [2.45, 2.75) is 73.9 Å². The fourth-order valence-electron chi connectivity index (χ4n) is 6.68. The number of benzene rings is 6. The van der Waals surface area contributed by atoms with E-state index >= 15 is 0 Å². The van der Waals surface area contributed by atoms with Crippen LogP contribution in [0.15, 0.2) is 158 Å². The number of sulfone groups is 1. The zero-order chi connectivity index (χ0) is 67.1. The SMILES string of the molecule is CC.CN1COc2ccccc2C1.COC.COC.COC.COC.COC.COc1ccc(C(C)(C)c2ccc(OC)cc2)cc1.COc1ccccc1.CS(C)(=O)=O.Cc1ccc2c(c1)CN(C)CO2.Cc1nc(C)nc(C)n1.c1ccccc1. The molecule has 2 aliphatic heterocycles. The van der Waals surface area contributed by atoms with E-state index in [2.05, 4.69) is 132 Å². The van der Waals surface area contributed by atoms with Gasteiger partial charge in [0.2, 0.25) is 0 Å². The zero-order valence-corrected chi connectivity index (χ0v) is 58.2. The van der Waals surface area contributed by atoms with Crippen LogP contribution in [0.1, 0.15) is 73.0 Å². The maximum absolute atomic E-state index is 9.63. The molecule has 1 aromatic heterocycles. The number of para-hydroxylation sites is 2. The van der Waals surface area contributed by atoms with Crippen molar-refractivity contribution < 1.29 is 55.8 Å². The smallest absolute Gasteiger partial charge is 0.144 e. The summed E-state index contributed by atoms with van der Waals surface area (Å²) in [6.45, 7) is 19.5. The van der Waals surface area contributed by atoms with Crippen LogP contribution >= 0.6 is 0 Å². The Hall–Kier alpha value is -7.00. The highest BCUT2D eigenvalue weighted by Gasteiger charge is 2.23. The molecule has 6 aromatic carbocycles. The summed E-state index contributed by atoms with van der Waals surface area (Å²) in [7, 11) is 22.7. The second-order valence-corrected chi connectivity index (χ2v) is 21.5. The quantitative estimate of drug-likeness (QED) is 0.159. The number of methoxy groups -OCH3 is 8. The molecule has 2 aliphatic rings. The first-order valence-electron chi connectivity index (χ1n) is 27.9. The highest BCUT2D eigenvalue weighted by Crippen LogP contribution is 2.33. The van der Waals surface area contributed by atoms with Crippen LogP contribution in [0, 0.1) is 27.7 Å². The monoisotopic (exact) mass is 1230 g/mol. The summed E-state index contributed by atoms with van der Waals surface area (Å²) in [6, 6.07) is 52.6. The number of aryl methyl sites for hydroxylation is 4. The van der Waals surface area contributed by atoms with Gasteiger partial charge in [0.1, 0.15) is 69.5 Å². The van der Waals surface area contributed by atoms with Gasteiger partial charge in [0, 0.05) is 113 Å². The Bertz CT molecular complexity index is 2620. The molecule has 0 saturated carbocycles. The van der Waals surface area contributed by atoms with Crippen LogP contribution < -0.4 is 23.7 Å². The number of hydrogen-bond donors (Lipinski definition) is 0.